The van der Waals surface area contributed by atoms with Gasteiger partial charge in [0.25, 0.3) is 0 Å². The highest BCUT2D eigenvalue weighted by Gasteiger charge is 2.33. The molecule has 2 aliphatic rings. The third kappa shape index (κ3) is 3.58. The largest absolute Gasteiger partial charge is 0.456 e. The number of rotatable bonds is 4. The van der Waals surface area contributed by atoms with E-state index in [1.165, 1.54) is 7.11 Å². The van der Waals surface area contributed by atoms with Crippen molar-refractivity contribution in [2.45, 2.75) is 44.7 Å². The second-order valence-electron chi connectivity index (χ2n) is 8.35. The van der Waals surface area contributed by atoms with Crippen LogP contribution in [0.2, 0.25) is 0 Å². The van der Waals surface area contributed by atoms with E-state index in [1.807, 2.05) is 29.9 Å². The first-order valence-electron chi connectivity index (χ1n) is 10.8. The summed E-state index contributed by atoms with van der Waals surface area (Å²) < 4.78 is 13.5. The van der Waals surface area contributed by atoms with E-state index in [0.717, 1.165) is 48.1 Å². The second kappa shape index (κ2) is 8.04. The van der Waals surface area contributed by atoms with Crippen LogP contribution >= 0.6 is 0 Å². The monoisotopic (exact) mass is 428 g/mol. The molecule has 1 aliphatic heterocycles. The van der Waals surface area contributed by atoms with E-state index in [9.17, 15) is 4.79 Å². The standard InChI is InChI=1S/C25H24N4O3/c1-16-3-10-22-23(29(16)25(30)31-2)12-11-21(18-14-27-28(15-18)19-6-7-19)24(22)32-20-8-4-17(13-26)5-9-20/h4-5,8-9,11-12,14-16,19H,3,6-7,10H2,1-2H3/t16-/m0/s1. The summed E-state index contributed by atoms with van der Waals surface area (Å²) in [5, 5.41) is 13.6. The van der Waals surface area contributed by atoms with Crippen molar-refractivity contribution in [3.05, 3.63) is 59.9 Å². The molecular formula is C25H24N4O3. The molecule has 5 rings (SSSR count). The summed E-state index contributed by atoms with van der Waals surface area (Å²) in [5.74, 6) is 1.35. The molecule has 0 spiro atoms. The van der Waals surface area contributed by atoms with Gasteiger partial charge in [-0.3, -0.25) is 9.58 Å². The molecule has 2 aromatic carbocycles. The van der Waals surface area contributed by atoms with Crippen molar-refractivity contribution >= 4 is 11.8 Å². The zero-order valence-corrected chi connectivity index (χ0v) is 18.1. The molecule has 7 heteroatoms. The van der Waals surface area contributed by atoms with E-state index >= 15 is 0 Å². The van der Waals surface area contributed by atoms with Gasteiger partial charge in [-0.25, -0.2) is 4.79 Å². The number of carbonyl (C=O) groups excluding carboxylic acids is 1. The highest BCUT2D eigenvalue weighted by molar-refractivity contribution is 5.92. The van der Waals surface area contributed by atoms with E-state index in [1.54, 1.807) is 29.2 Å². The Kier molecular flexibility index (Phi) is 5.06. The molecule has 7 nitrogen and oxygen atoms in total. The van der Waals surface area contributed by atoms with E-state index in [0.29, 0.717) is 23.1 Å². The van der Waals surface area contributed by atoms with Gasteiger partial charge in [-0.1, -0.05) is 0 Å². The van der Waals surface area contributed by atoms with Crippen molar-refractivity contribution in [3.63, 3.8) is 0 Å². The quantitative estimate of drug-likeness (QED) is 0.551. The Balaban J connectivity index is 1.62. The summed E-state index contributed by atoms with van der Waals surface area (Å²) in [4.78, 5) is 14.2. The number of nitrogens with zero attached hydrogens (tertiary/aromatic N) is 4. The number of amides is 1. The summed E-state index contributed by atoms with van der Waals surface area (Å²) in [6.45, 7) is 2.02. The Hall–Kier alpha value is -3.79. The number of carbonyl (C=O) groups is 1. The Labute approximate surface area is 186 Å². The summed E-state index contributed by atoms with van der Waals surface area (Å²) in [6.07, 6.45) is 7.45. The van der Waals surface area contributed by atoms with Crippen LogP contribution in [0.4, 0.5) is 10.5 Å². The third-order valence-corrected chi connectivity index (χ3v) is 6.16. The molecule has 1 fully saturated rings. The average Bonchev–Trinajstić information content (AvgIpc) is 3.56. The van der Waals surface area contributed by atoms with Crippen LogP contribution in [0.1, 0.15) is 43.4 Å². The third-order valence-electron chi connectivity index (χ3n) is 6.16. The van der Waals surface area contributed by atoms with Gasteiger partial charge in [0.2, 0.25) is 0 Å². The Bertz CT molecular complexity index is 1200. The van der Waals surface area contributed by atoms with Gasteiger partial charge >= 0.3 is 6.09 Å². The van der Waals surface area contributed by atoms with Crippen LogP contribution in [-0.4, -0.2) is 29.0 Å². The SMILES string of the molecule is COC(=O)N1c2ccc(-c3cnn(C4CC4)c3)c(Oc3ccc(C#N)cc3)c2CC[C@@H]1C. The Morgan fingerprint density at radius 3 is 2.62 bits per heavy atom. The highest BCUT2D eigenvalue weighted by Crippen LogP contribution is 2.45. The predicted molar refractivity (Wildman–Crippen MR) is 120 cm³/mol. The van der Waals surface area contributed by atoms with Crippen molar-refractivity contribution in [1.82, 2.24) is 9.78 Å². The van der Waals surface area contributed by atoms with Gasteiger partial charge < -0.3 is 9.47 Å². The minimum Gasteiger partial charge on any atom is -0.456 e. The first kappa shape index (κ1) is 20.1. The molecule has 0 radical (unpaired) electrons. The molecule has 1 amide bonds. The zero-order chi connectivity index (χ0) is 22.2. The van der Waals surface area contributed by atoms with Gasteiger partial charge in [0, 0.05) is 28.9 Å². The topological polar surface area (TPSA) is 80.4 Å². The maximum absolute atomic E-state index is 12.5. The predicted octanol–water partition coefficient (Wildman–Crippen LogP) is 5.46. The van der Waals surface area contributed by atoms with Crippen molar-refractivity contribution in [2.75, 3.05) is 12.0 Å². The molecule has 1 aromatic heterocycles. The number of ether oxygens (including phenoxy) is 2. The normalized spacial score (nSPS) is 17.4. The lowest BCUT2D eigenvalue weighted by molar-refractivity contribution is 0.175. The van der Waals surface area contributed by atoms with Gasteiger partial charge in [0.15, 0.2) is 0 Å². The molecule has 1 aliphatic carbocycles. The van der Waals surface area contributed by atoms with Crippen molar-refractivity contribution in [1.29, 1.82) is 5.26 Å². The van der Waals surface area contributed by atoms with Crippen LogP contribution in [0, 0.1) is 11.3 Å². The lowest BCUT2D eigenvalue weighted by Crippen LogP contribution is -2.42. The number of hydrogen-bond acceptors (Lipinski definition) is 5. The van der Waals surface area contributed by atoms with Gasteiger partial charge in [-0.2, -0.15) is 10.4 Å². The smallest absolute Gasteiger partial charge is 0.414 e. The minimum atomic E-state index is -0.378. The van der Waals surface area contributed by atoms with Crippen LogP contribution in [-0.2, 0) is 11.2 Å². The molecule has 162 valence electrons. The summed E-state index contributed by atoms with van der Waals surface area (Å²) >= 11 is 0. The Morgan fingerprint density at radius 2 is 1.94 bits per heavy atom. The molecule has 0 N–H and O–H groups in total. The molecule has 3 aromatic rings. The number of aromatic nitrogens is 2. The zero-order valence-electron chi connectivity index (χ0n) is 18.1. The molecule has 1 saturated carbocycles. The number of fused-ring (bicyclic) bond motifs is 1. The summed E-state index contributed by atoms with van der Waals surface area (Å²) in [7, 11) is 1.40. The van der Waals surface area contributed by atoms with Gasteiger partial charge in [-0.15, -0.1) is 0 Å². The number of anilines is 1. The molecule has 0 saturated heterocycles. The summed E-state index contributed by atoms with van der Waals surface area (Å²) in [6, 6.07) is 13.7. The molecule has 0 bridgehead atoms. The van der Waals surface area contributed by atoms with E-state index < -0.39 is 0 Å². The van der Waals surface area contributed by atoms with E-state index in [4.69, 9.17) is 14.7 Å². The first-order chi connectivity index (χ1) is 15.6. The van der Waals surface area contributed by atoms with Crippen LogP contribution < -0.4 is 9.64 Å². The summed E-state index contributed by atoms with van der Waals surface area (Å²) in [5.41, 5.74) is 4.25. The Morgan fingerprint density at radius 1 is 1.16 bits per heavy atom. The van der Waals surface area contributed by atoms with Crippen molar-refractivity contribution in [2.24, 2.45) is 0 Å². The van der Waals surface area contributed by atoms with Gasteiger partial charge in [0.1, 0.15) is 11.5 Å². The number of hydrogen-bond donors (Lipinski definition) is 0. The molecule has 2 heterocycles. The van der Waals surface area contributed by atoms with Crippen LogP contribution in [0.15, 0.2) is 48.8 Å². The average molecular weight is 428 g/mol. The molecule has 1 atom stereocenters. The molecule has 0 unspecified atom stereocenters. The van der Waals surface area contributed by atoms with Crippen LogP contribution in [0.25, 0.3) is 11.1 Å². The van der Waals surface area contributed by atoms with Gasteiger partial charge in [-0.05, 0) is 69.0 Å². The number of nitriles is 1. The maximum Gasteiger partial charge on any atom is 0.414 e. The molecule has 32 heavy (non-hydrogen) atoms. The first-order valence-corrected chi connectivity index (χ1v) is 10.8. The lowest BCUT2D eigenvalue weighted by Gasteiger charge is -2.35. The second-order valence-corrected chi connectivity index (χ2v) is 8.35. The van der Waals surface area contributed by atoms with Crippen LogP contribution in [0.5, 0.6) is 11.5 Å². The van der Waals surface area contributed by atoms with E-state index in [2.05, 4.69) is 17.4 Å². The van der Waals surface area contributed by atoms with Crippen molar-refractivity contribution < 1.29 is 14.3 Å². The number of benzene rings is 2. The fraction of sp³-hybridized carbons (Fsp3) is 0.320. The number of methoxy groups -OCH3 is 1. The maximum atomic E-state index is 12.5. The van der Waals surface area contributed by atoms with Crippen LogP contribution in [0.3, 0.4) is 0 Å². The lowest BCUT2D eigenvalue weighted by atomic mass is 9.92. The fourth-order valence-corrected chi connectivity index (χ4v) is 4.26. The van der Waals surface area contributed by atoms with Gasteiger partial charge in [0.05, 0.1) is 36.7 Å². The minimum absolute atomic E-state index is 0.0289. The van der Waals surface area contributed by atoms with Crippen molar-refractivity contribution in [3.8, 4) is 28.7 Å². The van der Waals surface area contributed by atoms with E-state index in [-0.39, 0.29) is 12.1 Å². The molecular weight excluding hydrogens is 404 g/mol. The fourth-order valence-electron chi connectivity index (χ4n) is 4.26. The highest BCUT2D eigenvalue weighted by atomic mass is 16.5.